The fourth-order valence-corrected chi connectivity index (χ4v) is 34.5. The molecule has 0 saturated carbocycles. The minimum atomic E-state index is -3.06. The quantitative estimate of drug-likeness (QED) is 0.347. The van der Waals surface area contributed by atoms with Gasteiger partial charge in [0.05, 0.1) is 0 Å². The van der Waals surface area contributed by atoms with E-state index in [1.165, 1.54) is 0 Å². The average molecular weight is 603 g/mol. The summed E-state index contributed by atoms with van der Waals surface area (Å²) in [5, 5.41) is 0. The van der Waals surface area contributed by atoms with E-state index in [4.69, 9.17) is 28.8 Å². The molecule has 1 fully saturated rings. The highest BCUT2D eigenvalue weighted by atomic mass is 28.5. The molecule has 0 unspecified atom stereocenters. The van der Waals surface area contributed by atoms with Gasteiger partial charge in [-0.1, -0.05) is 39.9 Å². The second-order valence-corrected chi connectivity index (χ2v) is 32.1. The molecule has 14 heteroatoms. The van der Waals surface area contributed by atoms with Crippen LogP contribution in [0.1, 0.15) is 0 Å². The van der Waals surface area contributed by atoms with E-state index in [2.05, 4.69) is 46.1 Å². The zero-order valence-electron chi connectivity index (χ0n) is 22.3. The van der Waals surface area contributed by atoms with Crippen molar-refractivity contribution in [3.8, 4) is 0 Å². The van der Waals surface area contributed by atoms with Crippen LogP contribution >= 0.6 is 0 Å². The highest BCUT2D eigenvalue weighted by Gasteiger charge is 2.54. The molecule has 0 aromatic rings. The summed E-state index contributed by atoms with van der Waals surface area (Å²) in [6, 6.07) is 0. The topological polar surface area (TPSA) is 64.6 Å². The summed E-state index contributed by atoms with van der Waals surface area (Å²) >= 11 is 0. The van der Waals surface area contributed by atoms with Gasteiger partial charge in [-0.2, -0.15) is 0 Å². The van der Waals surface area contributed by atoms with Crippen molar-refractivity contribution in [3.63, 3.8) is 0 Å². The van der Waals surface area contributed by atoms with Crippen molar-refractivity contribution in [2.75, 3.05) is 0 Å². The Kier molecular flexibility index (Phi) is 10.6. The first-order valence-corrected chi connectivity index (χ1v) is 28.0. The molecule has 0 aromatic heterocycles. The Morgan fingerprint density at radius 3 is 0.429 bits per heavy atom. The molecule has 0 aliphatic carbocycles. The first kappa shape index (κ1) is 32.4. The molecule has 0 atom stereocenters. The zero-order valence-corrected chi connectivity index (χ0v) is 29.3. The van der Waals surface area contributed by atoms with Gasteiger partial charge in [0.1, 0.15) is 0 Å². The summed E-state index contributed by atoms with van der Waals surface area (Å²) in [6.07, 6.45) is 0. The molecule has 1 saturated heterocycles. The Balaban J connectivity index is 3.86. The Morgan fingerprint density at radius 1 is 0.286 bits per heavy atom. The van der Waals surface area contributed by atoms with Gasteiger partial charge >= 0.3 is 59.9 Å². The van der Waals surface area contributed by atoms with Crippen LogP contribution in [0.25, 0.3) is 0 Å². The van der Waals surface area contributed by atoms with Crippen molar-refractivity contribution in [2.45, 2.75) is 45.8 Å². The Morgan fingerprint density at radius 2 is 0.371 bits per heavy atom. The Hall–Kier alpha value is -0.582. The second kappa shape index (κ2) is 11.4. The standard InChI is InChI=1S/C21H42O7Si7/c1-15-29(8)22-30(9,16-2)24-32(11,18-4)26-34(13,20-6)28-35(14,21-7)27-33(12,19-5)25-31(10,17-3)23-29/h15-21H,1-7H2,8-14H3. The van der Waals surface area contributed by atoms with Crippen LogP contribution in [0.15, 0.2) is 85.9 Å². The molecule has 1 rings (SSSR count). The van der Waals surface area contributed by atoms with Crippen LogP contribution in [-0.4, -0.2) is 59.9 Å². The number of rotatable bonds is 7. The molecule has 1 heterocycles. The molecule has 1 aliphatic heterocycles. The van der Waals surface area contributed by atoms with Crippen LogP contribution in [0.4, 0.5) is 0 Å². The minimum absolute atomic E-state index is 1.71. The molecule has 7 nitrogen and oxygen atoms in total. The molecule has 196 valence electrons. The maximum absolute atomic E-state index is 6.63. The first-order chi connectivity index (χ1) is 15.9. The molecule has 35 heavy (non-hydrogen) atoms. The lowest BCUT2D eigenvalue weighted by atomic mass is 11.3. The van der Waals surface area contributed by atoms with Crippen molar-refractivity contribution in [1.82, 2.24) is 0 Å². The van der Waals surface area contributed by atoms with E-state index in [1.807, 2.05) is 45.8 Å². The fourth-order valence-electron chi connectivity index (χ4n) is 3.55. The van der Waals surface area contributed by atoms with Crippen molar-refractivity contribution in [1.29, 1.82) is 0 Å². The van der Waals surface area contributed by atoms with Crippen molar-refractivity contribution in [2.24, 2.45) is 0 Å². The van der Waals surface area contributed by atoms with Gasteiger partial charge in [-0.15, -0.1) is 46.1 Å². The Bertz CT molecular complexity index is 668. The van der Waals surface area contributed by atoms with E-state index in [-0.39, 0.29) is 0 Å². The summed E-state index contributed by atoms with van der Waals surface area (Å²) in [7, 11) is -21.4. The first-order valence-electron chi connectivity index (χ1n) is 11.2. The van der Waals surface area contributed by atoms with Crippen LogP contribution in [-0.2, 0) is 28.8 Å². The summed E-state index contributed by atoms with van der Waals surface area (Å²) in [6.45, 7) is 41.4. The van der Waals surface area contributed by atoms with Crippen LogP contribution in [0.5, 0.6) is 0 Å². The SMILES string of the molecule is C=C[Si]1(C)O[Si](C)(C=C)O[Si](C)(C=C)O[Si](C)(C=C)O[Si](C)(C=C)O[Si](C)(C=C)O[Si](C)(C=C)O1. The lowest BCUT2D eigenvalue weighted by Gasteiger charge is -2.46. The highest BCUT2D eigenvalue weighted by Crippen LogP contribution is 2.33. The zero-order chi connectivity index (χ0) is 27.4. The third kappa shape index (κ3) is 8.47. The largest absolute Gasteiger partial charge is 0.410 e. The van der Waals surface area contributed by atoms with E-state index >= 15 is 0 Å². The van der Waals surface area contributed by atoms with E-state index in [0.717, 1.165) is 0 Å². The van der Waals surface area contributed by atoms with E-state index in [1.54, 1.807) is 39.9 Å². The molecule has 0 aromatic carbocycles. The molecule has 0 spiro atoms. The summed E-state index contributed by atoms with van der Waals surface area (Å²) in [5.41, 5.74) is 12.0. The maximum atomic E-state index is 6.63. The van der Waals surface area contributed by atoms with Gasteiger partial charge in [-0.25, -0.2) is 0 Å². The fraction of sp³-hybridized carbons (Fsp3) is 0.333. The molecule has 0 amide bonds. The summed E-state index contributed by atoms with van der Waals surface area (Å²) in [4.78, 5) is 0. The molecule has 0 bridgehead atoms. The lowest BCUT2D eigenvalue weighted by molar-refractivity contribution is 0.252. The van der Waals surface area contributed by atoms with Crippen molar-refractivity contribution in [3.05, 3.63) is 85.9 Å². The molecular weight excluding hydrogens is 561 g/mol. The van der Waals surface area contributed by atoms with Crippen molar-refractivity contribution >= 4 is 59.9 Å². The molecule has 0 N–H and O–H groups in total. The molecule has 1 aliphatic rings. The second-order valence-electron chi connectivity index (χ2n) is 9.26. The van der Waals surface area contributed by atoms with Gasteiger partial charge in [0, 0.05) is 0 Å². The van der Waals surface area contributed by atoms with Gasteiger partial charge in [0.15, 0.2) is 0 Å². The van der Waals surface area contributed by atoms with Gasteiger partial charge in [0.2, 0.25) is 0 Å². The summed E-state index contributed by atoms with van der Waals surface area (Å²) < 4.78 is 46.4. The van der Waals surface area contributed by atoms with Crippen LogP contribution in [0, 0.1) is 0 Å². The van der Waals surface area contributed by atoms with Gasteiger partial charge in [0.25, 0.3) is 0 Å². The van der Waals surface area contributed by atoms with Crippen LogP contribution in [0.2, 0.25) is 45.8 Å². The summed E-state index contributed by atoms with van der Waals surface area (Å²) in [5.74, 6) is 0. The van der Waals surface area contributed by atoms with Crippen LogP contribution in [0.3, 0.4) is 0 Å². The van der Waals surface area contributed by atoms with E-state index in [9.17, 15) is 0 Å². The number of hydrogen-bond acceptors (Lipinski definition) is 7. The lowest BCUT2D eigenvalue weighted by Crippen LogP contribution is -2.65. The predicted molar refractivity (Wildman–Crippen MR) is 160 cm³/mol. The average Bonchev–Trinajstić information content (AvgIpc) is 2.77. The third-order valence-corrected chi connectivity index (χ3v) is 33.3. The van der Waals surface area contributed by atoms with Gasteiger partial charge in [-0.3, -0.25) is 0 Å². The normalized spacial score (nSPS) is 45.8. The van der Waals surface area contributed by atoms with Gasteiger partial charge < -0.3 is 28.8 Å². The Labute approximate surface area is 219 Å². The monoisotopic (exact) mass is 602 g/mol. The minimum Gasteiger partial charge on any atom is -0.410 e. The van der Waals surface area contributed by atoms with Crippen molar-refractivity contribution < 1.29 is 28.8 Å². The predicted octanol–water partition coefficient (Wildman–Crippen LogP) is 5.70. The third-order valence-electron chi connectivity index (χ3n) is 5.43. The van der Waals surface area contributed by atoms with E-state index in [0.29, 0.717) is 0 Å². The maximum Gasteiger partial charge on any atom is 0.344 e. The number of hydrogen-bond donors (Lipinski definition) is 0. The van der Waals surface area contributed by atoms with E-state index < -0.39 is 59.9 Å². The highest BCUT2D eigenvalue weighted by molar-refractivity contribution is 6.99. The van der Waals surface area contributed by atoms with Crippen LogP contribution < -0.4 is 0 Å². The van der Waals surface area contributed by atoms with Gasteiger partial charge in [-0.05, 0) is 45.8 Å². The smallest absolute Gasteiger partial charge is 0.344 e. The molecular formula is C21H42O7Si7. The molecule has 0 radical (unpaired) electrons.